The molecule has 2 heterocycles. The Morgan fingerprint density at radius 2 is 1.96 bits per heavy atom. The molecule has 138 valence electrons. The highest BCUT2D eigenvalue weighted by atomic mass is 16.2. The van der Waals surface area contributed by atoms with Gasteiger partial charge in [-0.3, -0.25) is 14.5 Å². The van der Waals surface area contributed by atoms with Gasteiger partial charge in [0.15, 0.2) is 0 Å². The zero-order valence-corrected chi connectivity index (χ0v) is 15.2. The third-order valence-corrected chi connectivity index (χ3v) is 5.27. The van der Waals surface area contributed by atoms with E-state index < -0.39 is 5.69 Å². The fraction of sp³-hybridized carbons (Fsp3) is 0.286. The number of nitrogens with zero attached hydrogens (tertiary/aromatic N) is 2. The van der Waals surface area contributed by atoms with Crippen LogP contribution < -0.4 is 11.2 Å². The Hall–Kier alpha value is -3.15. The third kappa shape index (κ3) is 3.56. The first-order valence-corrected chi connectivity index (χ1v) is 9.18. The maximum atomic E-state index is 12.5. The molecule has 6 heteroatoms. The van der Waals surface area contributed by atoms with Crippen LogP contribution in [0, 0.1) is 0 Å². The van der Waals surface area contributed by atoms with Crippen LogP contribution in [0.2, 0.25) is 0 Å². The topological polar surface area (TPSA) is 83.5 Å². The van der Waals surface area contributed by atoms with E-state index in [0.717, 1.165) is 36.2 Å². The maximum Gasteiger partial charge on any atom is 0.325 e. The number of nitrogens with one attached hydrogen (secondary N) is 2. The van der Waals surface area contributed by atoms with Gasteiger partial charge in [0.05, 0.1) is 5.69 Å². The molecule has 1 aliphatic carbocycles. The molecule has 1 unspecified atom stereocenters. The second kappa shape index (κ2) is 7.23. The zero-order valence-electron chi connectivity index (χ0n) is 15.2. The molecule has 0 amide bonds. The molecule has 0 saturated carbocycles. The molecular formula is C21H22N4O2. The Bertz CT molecular complexity index is 1090. The molecule has 2 N–H and O–H groups in total. The predicted octanol–water partition coefficient (Wildman–Crippen LogP) is 2.74. The molecule has 0 spiro atoms. The van der Waals surface area contributed by atoms with Gasteiger partial charge in [0.2, 0.25) is 0 Å². The Balaban J connectivity index is 1.66. The molecule has 4 rings (SSSR count). The SMILES string of the molecule is Cn1nccc1C1=CCC(c2[nH]c(=O)[nH]c(=O)c2Cc2ccccc2)CC1. The van der Waals surface area contributed by atoms with E-state index in [9.17, 15) is 9.59 Å². The maximum absolute atomic E-state index is 12.5. The van der Waals surface area contributed by atoms with Crippen molar-refractivity contribution in [1.29, 1.82) is 0 Å². The lowest BCUT2D eigenvalue weighted by Gasteiger charge is -2.23. The molecule has 3 aromatic rings. The van der Waals surface area contributed by atoms with Crippen LogP contribution in [0.25, 0.3) is 5.57 Å². The van der Waals surface area contributed by atoms with Crippen molar-refractivity contribution in [2.45, 2.75) is 31.6 Å². The number of aryl methyl sites for hydroxylation is 1. The van der Waals surface area contributed by atoms with Crippen LogP contribution in [-0.2, 0) is 13.5 Å². The van der Waals surface area contributed by atoms with Gasteiger partial charge in [0.25, 0.3) is 5.56 Å². The van der Waals surface area contributed by atoms with Crippen molar-refractivity contribution in [3.63, 3.8) is 0 Å². The summed E-state index contributed by atoms with van der Waals surface area (Å²) in [7, 11) is 1.94. The lowest BCUT2D eigenvalue weighted by Crippen LogP contribution is -2.30. The van der Waals surface area contributed by atoms with Crippen LogP contribution in [0.1, 0.15) is 47.7 Å². The highest BCUT2D eigenvalue weighted by Gasteiger charge is 2.23. The second-order valence-electron chi connectivity index (χ2n) is 7.00. The Morgan fingerprint density at radius 1 is 1.15 bits per heavy atom. The van der Waals surface area contributed by atoms with E-state index in [1.807, 2.05) is 48.1 Å². The van der Waals surface area contributed by atoms with Crippen molar-refractivity contribution in [3.8, 4) is 0 Å². The average molecular weight is 362 g/mol. The molecule has 1 atom stereocenters. The van der Waals surface area contributed by atoms with E-state index in [-0.39, 0.29) is 11.5 Å². The van der Waals surface area contributed by atoms with E-state index in [2.05, 4.69) is 21.1 Å². The van der Waals surface area contributed by atoms with Crippen LogP contribution >= 0.6 is 0 Å². The van der Waals surface area contributed by atoms with Gasteiger partial charge in [0.1, 0.15) is 0 Å². The first kappa shape index (κ1) is 17.3. The summed E-state index contributed by atoms with van der Waals surface area (Å²) >= 11 is 0. The minimum absolute atomic E-state index is 0.135. The number of hydrogen-bond acceptors (Lipinski definition) is 3. The molecule has 2 aromatic heterocycles. The number of hydrogen-bond donors (Lipinski definition) is 2. The molecule has 0 radical (unpaired) electrons. The fourth-order valence-electron chi connectivity index (χ4n) is 3.87. The van der Waals surface area contributed by atoms with Crippen molar-refractivity contribution in [2.75, 3.05) is 0 Å². The summed E-state index contributed by atoms with van der Waals surface area (Å²) in [5, 5.41) is 4.24. The van der Waals surface area contributed by atoms with Crippen LogP contribution in [0.3, 0.4) is 0 Å². The molecule has 27 heavy (non-hydrogen) atoms. The van der Waals surface area contributed by atoms with Gasteiger partial charge < -0.3 is 4.98 Å². The van der Waals surface area contributed by atoms with Crippen LogP contribution in [0.15, 0.2) is 58.3 Å². The van der Waals surface area contributed by atoms with Gasteiger partial charge in [-0.25, -0.2) is 4.79 Å². The number of H-pyrrole nitrogens is 2. The molecule has 0 bridgehead atoms. The second-order valence-corrected chi connectivity index (χ2v) is 7.00. The van der Waals surface area contributed by atoms with Crippen LogP contribution in [-0.4, -0.2) is 19.7 Å². The van der Waals surface area contributed by atoms with Crippen molar-refractivity contribution < 1.29 is 0 Å². The van der Waals surface area contributed by atoms with Crippen LogP contribution in [0.5, 0.6) is 0 Å². The smallest absolute Gasteiger partial charge is 0.311 e. The molecule has 0 aliphatic heterocycles. The summed E-state index contributed by atoms with van der Waals surface area (Å²) in [5.74, 6) is 0.135. The summed E-state index contributed by atoms with van der Waals surface area (Å²) in [5.41, 5.74) is 4.14. The van der Waals surface area contributed by atoms with Gasteiger partial charge in [0, 0.05) is 36.8 Å². The first-order valence-electron chi connectivity index (χ1n) is 9.18. The summed E-state index contributed by atoms with van der Waals surface area (Å²) in [4.78, 5) is 29.7. The molecular weight excluding hydrogens is 340 g/mol. The highest BCUT2D eigenvalue weighted by Crippen LogP contribution is 2.35. The monoisotopic (exact) mass is 362 g/mol. The number of benzene rings is 1. The number of rotatable bonds is 4. The predicted molar refractivity (Wildman–Crippen MR) is 105 cm³/mol. The average Bonchev–Trinajstić information content (AvgIpc) is 3.11. The standard InChI is InChI=1S/C21H22N4O2/c1-25-18(11-12-22-25)15-7-9-16(10-8-15)19-17(20(26)24-21(27)23-19)13-14-5-3-2-4-6-14/h2-7,11-12,16H,8-10,13H2,1H3,(H2,23,24,26,27). The normalized spacial score (nSPS) is 16.9. The van der Waals surface area contributed by atoms with Gasteiger partial charge >= 0.3 is 5.69 Å². The van der Waals surface area contributed by atoms with E-state index >= 15 is 0 Å². The minimum Gasteiger partial charge on any atom is -0.311 e. The van der Waals surface area contributed by atoms with Crippen LogP contribution in [0.4, 0.5) is 0 Å². The number of allylic oxidation sites excluding steroid dienone is 2. The first-order chi connectivity index (χ1) is 13.1. The lowest BCUT2D eigenvalue weighted by molar-refractivity contribution is 0.592. The minimum atomic E-state index is -0.437. The van der Waals surface area contributed by atoms with E-state index in [1.54, 1.807) is 6.20 Å². The van der Waals surface area contributed by atoms with Gasteiger partial charge in [-0.15, -0.1) is 0 Å². The van der Waals surface area contributed by atoms with Gasteiger partial charge in [-0.2, -0.15) is 5.10 Å². The van der Waals surface area contributed by atoms with Gasteiger partial charge in [-0.1, -0.05) is 36.4 Å². The molecule has 0 fully saturated rings. The van der Waals surface area contributed by atoms with Gasteiger partial charge in [-0.05, 0) is 36.5 Å². The van der Waals surface area contributed by atoms with Crippen molar-refractivity contribution in [3.05, 3.63) is 92.0 Å². The highest BCUT2D eigenvalue weighted by molar-refractivity contribution is 5.63. The summed E-state index contributed by atoms with van der Waals surface area (Å²) in [6.07, 6.45) is 7.09. The van der Waals surface area contributed by atoms with E-state index in [4.69, 9.17) is 0 Å². The Labute approximate surface area is 156 Å². The number of aromatic amines is 2. The molecule has 6 nitrogen and oxygen atoms in total. The van der Waals surface area contributed by atoms with E-state index in [0.29, 0.717) is 12.0 Å². The fourth-order valence-corrected chi connectivity index (χ4v) is 3.87. The largest absolute Gasteiger partial charge is 0.325 e. The summed E-state index contributed by atoms with van der Waals surface area (Å²) in [6.45, 7) is 0. The molecule has 1 aliphatic rings. The van der Waals surface area contributed by atoms with Crippen molar-refractivity contribution in [1.82, 2.24) is 19.7 Å². The van der Waals surface area contributed by atoms with Crippen molar-refractivity contribution in [2.24, 2.45) is 7.05 Å². The Kier molecular flexibility index (Phi) is 4.62. The molecule has 1 aromatic carbocycles. The molecule has 0 saturated heterocycles. The number of aromatic nitrogens is 4. The lowest BCUT2D eigenvalue weighted by atomic mass is 9.84. The van der Waals surface area contributed by atoms with E-state index in [1.165, 1.54) is 5.57 Å². The summed E-state index contributed by atoms with van der Waals surface area (Å²) in [6, 6.07) is 11.9. The quantitative estimate of drug-likeness (QED) is 0.748. The zero-order chi connectivity index (χ0) is 18.8. The Morgan fingerprint density at radius 3 is 2.63 bits per heavy atom. The summed E-state index contributed by atoms with van der Waals surface area (Å²) < 4.78 is 1.88. The van der Waals surface area contributed by atoms with Crippen molar-refractivity contribution >= 4 is 5.57 Å². The third-order valence-electron chi connectivity index (χ3n) is 5.27.